The normalized spacial score (nSPS) is 11.5. The Morgan fingerprint density at radius 2 is 1.94 bits per heavy atom. The lowest BCUT2D eigenvalue weighted by Crippen LogP contribution is -2.09. The van der Waals surface area contributed by atoms with E-state index < -0.39 is 18.5 Å². The molecular formula is C10H12F4N2. The lowest BCUT2D eigenvalue weighted by Gasteiger charge is -2.07. The number of pyridine rings is 1. The van der Waals surface area contributed by atoms with Crippen molar-refractivity contribution in [1.29, 1.82) is 0 Å². The van der Waals surface area contributed by atoms with Gasteiger partial charge in [-0.15, -0.1) is 0 Å². The number of hydrogen-bond acceptors (Lipinski definition) is 2. The molecule has 0 amide bonds. The van der Waals surface area contributed by atoms with E-state index in [1.807, 2.05) is 0 Å². The van der Waals surface area contributed by atoms with Crippen LogP contribution in [0.1, 0.15) is 19.3 Å². The van der Waals surface area contributed by atoms with E-state index in [9.17, 15) is 17.6 Å². The van der Waals surface area contributed by atoms with E-state index in [4.69, 9.17) is 0 Å². The third-order valence-electron chi connectivity index (χ3n) is 1.91. The van der Waals surface area contributed by atoms with E-state index in [-0.39, 0.29) is 6.42 Å². The molecule has 6 heteroatoms. The highest BCUT2D eigenvalue weighted by molar-refractivity contribution is 5.33. The number of aromatic nitrogens is 1. The van der Waals surface area contributed by atoms with Gasteiger partial charge in [0.2, 0.25) is 5.95 Å². The number of nitrogens with one attached hydrogen (secondary N) is 1. The van der Waals surface area contributed by atoms with Crippen molar-refractivity contribution in [3.05, 3.63) is 24.1 Å². The molecule has 1 aromatic rings. The van der Waals surface area contributed by atoms with Gasteiger partial charge in [0.1, 0.15) is 5.82 Å². The maximum Gasteiger partial charge on any atom is 0.389 e. The second-order valence-electron chi connectivity index (χ2n) is 3.34. The first kappa shape index (κ1) is 12.7. The third kappa shape index (κ3) is 5.53. The third-order valence-corrected chi connectivity index (χ3v) is 1.91. The van der Waals surface area contributed by atoms with Crippen LogP contribution in [0.15, 0.2) is 18.2 Å². The number of unbranched alkanes of at least 4 members (excludes halogenated alkanes) is 1. The van der Waals surface area contributed by atoms with Crippen molar-refractivity contribution >= 4 is 5.82 Å². The van der Waals surface area contributed by atoms with Crippen molar-refractivity contribution in [2.24, 2.45) is 0 Å². The molecular weight excluding hydrogens is 224 g/mol. The Labute approximate surface area is 90.7 Å². The Morgan fingerprint density at radius 1 is 1.19 bits per heavy atom. The summed E-state index contributed by atoms with van der Waals surface area (Å²) in [6.45, 7) is 0.354. The van der Waals surface area contributed by atoms with Gasteiger partial charge in [0.05, 0.1) is 0 Å². The Kier molecular flexibility index (Phi) is 4.52. The number of halogens is 4. The summed E-state index contributed by atoms with van der Waals surface area (Å²) >= 11 is 0. The number of alkyl halides is 3. The predicted octanol–water partition coefficient (Wildman–Crippen LogP) is 3.37. The molecule has 0 fully saturated rings. The van der Waals surface area contributed by atoms with Crippen molar-refractivity contribution in [2.75, 3.05) is 11.9 Å². The van der Waals surface area contributed by atoms with E-state index in [2.05, 4.69) is 10.3 Å². The highest BCUT2D eigenvalue weighted by Gasteiger charge is 2.25. The molecule has 0 atom stereocenters. The number of hydrogen-bond donors (Lipinski definition) is 1. The largest absolute Gasteiger partial charge is 0.389 e. The summed E-state index contributed by atoms with van der Waals surface area (Å²) in [5.41, 5.74) is 0. The van der Waals surface area contributed by atoms with Gasteiger partial charge in [0.25, 0.3) is 0 Å². The van der Waals surface area contributed by atoms with Gasteiger partial charge in [0, 0.05) is 13.0 Å². The molecule has 1 N–H and O–H groups in total. The minimum atomic E-state index is -4.10. The number of nitrogens with zero attached hydrogens (tertiary/aromatic N) is 1. The van der Waals surface area contributed by atoms with E-state index in [1.165, 1.54) is 12.1 Å². The van der Waals surface area contributed by atoms with Gasteiger partial charge in [-0.2, -0.15) is 17.6 Å². The van der Waals surface area contributed by atoms with Crippen LogP contribution in [0.25, 0.3) is 0 Å². The zero-order chi connectivity index (χ0) is 12.0. The average molecular weight is 236 g/mol. The molecule has 1 heterocycles. The summed E-state index contributed by atoms with van der Waals surface area (Å²) in [6, 6.07) is 4.25. The summed E-state index contributed by atoms with van der Waals surface area (Å²) in [7, 11) is 0. The van der Waals surface area contributed by atoms with Crippen molar-refractivity contribution in [3.8, 4) is 0 Å². The first-order chi connectivity index (χ1) is 7.47. The van der Waals surface area contributed by atoms with Crippen molar-refractivity contribution in [1.82, 2.24) is 4.98 Å². The molecule has 0 radical (unpaired) electrons. The van der Waals surface area contributed by atoms with Crippen LogP contribution < -0.4 is 5.32 Å². The van der Waals surface area contributed by atoms with Gasteiger partial charge in [-0.05, 0) is 25.0 Å². The molecule has 0 saturated carbocycles. The number of rotatable bonds is 5. The molecule has 0 aromatic carbocycles. The van der Waals surface area contributed by atoms with E-state index in [0.717, 1.165) is 0 Å². The monoisotopic (exact) mass is 236 g/mol. The minimum absolute atomic E-state index is 0.0613. The van der Waals surface area contributed by atoms with Crippen LogP contribution in [0.5, 0.6) is 0 Å². The van der Waals surface area contributed by atoms with E-state index >= 15 is 0 Å². The lowest BCUT2D eigenvalue weighted by molar-refractivity contribution is -0.135. The fourth-order valence-corrected chi connectivity index (χ4v) is 1.17. The Balaban J connectivity index is 2.17. The first-order valence-corrected chi connectivity index (χ1v) is 4.90. The van der Waals surface area contributed by atoms with Crippen molar-refractivity contribution < 1.29 is 17.6 Å². The molecule has 0 aliphatic heterocycles. The van der Waals surface area contributed by atoms with Gasteiger partial charge >= 0.3 is 6.18 Å². The zero-order valence-electron chi connectivity index (χ0n) is 8.52. The van der Waals surface area contributed by atoms with Gasteiger partial charge in [0.15, 0.2) is 0 Å². The average Bonchev–Trinajstić information content (AvgIpc) is 2.15. The van der Waals surface area contributed by atoms with Crippen LogP contribution in [-0.2, 0) is 0 Å². The molecule has 0 unspecified atom stereocenters. The zero-order valence-corrected chi connectivity index (χ0v) is 8.52. The van der Waals surface area contributed by atoms with Crippen molar-refractivity contribution in [3.63, 3.8) is 0 Å². The second kappa shape index (κ2) is 5.67. The molecule has 1 aromatic heterocycles. The quantitative estimate of drug-likeness (QED) is 0.481. The molecule has 0 saturated heterocycles. The number of anilines is 1. The van der Waals surface area contributed by atoms with Crippen LogP contribution in [0, 0.1) is 5.95 Å². The lowest BCUT2D eigenvalue weighted by atomic mass is 10.2. The fraction of sp³-hybridized carbons (Fsp3) is 0.500. The smallest absolute Gasteiger partial charge is 0.370 e. The Morgan fingerprint density at radius 3 is 2.56 bits per heavy atom. The van der Waals surface area contributed by atoms with Crippen LogP contribution in [0.3, 0.4) is 0 Å². The minimum Gasteiger partial charge on any atom is -0.370 e. The molecule has 1 rings (SSSR count). The van der Waals surface area contributed by atoms with Crippen molar-refractivity contribution in [2.45, 2.75) is 25.4 Å². The molecule has 0 aliphatic rings. The summed E-state index contributed by atoms with van der Waals surface area (Å²) < 4.78 is 47.9. The molecule has 0 bridgehead atoms. The van der Waals surface area contributed by atoms with Crippen LogP contribution in [0.4, 0.5) is 23.4 Å². The first-order valence-electron chi connectivity index (χ1n) is 4.90. The van der Waals surface area contributed by atoms with Crippen LogP contribution in [0.2, 0.25) is 0 Å². The summed E-state index contributed by atoms with van der Waals surface area (Å²) in [4.78, 5) is 3.52. The molecule has 0 aliphatic carbocycles. The van der Waals surface area contributed by atoms with Gasteiger partial charge in [-0.3, -0.25) is 0 Å². The topological polar surface area (TPSA) is 24.9 Å². The van der Waals surface area contributed by atoms with Crippen LogP contribution in [-0.4, -0.2) is 17.7 Å². The van der Waals surface area contributed by atoms with Gasteiger partial charge in [-0.1, -0.05) is 6.07 Å². The Hall–Kier alpha value is -1.33. The fourth-order valence-electron chi connectivity index (χ4n) is 1.17. The maximum atomic E-state index is 12.6. The molecule has 2 nitrogen and oxygen atoms in total. The van der Waals surface area contributed by atoms with Crippen LogP contribution >= 0.6 is 0 Å². The van der Waals surface area contributed by atoms with Gasteiger partial charge < -0.3 is 5.32 Å². The maximum absolute atomic E-state index is 12.6. The van der Waals surface area contributed by atoms with Gasteiger partial charge in [-0.25, -0.2) is 4.98 Å². The summed E-state index contributed by atoms with van der Waals surface area (Å²) in [5, 5.41) is 2.75. The Bertz CT molecular complexity index is 325. The summed E-state index contributed by atoms with van der Waals surface area (Å²) in [5.74, 6) is -0.271. The standard InChI is InChI=1S/C10H12F4N2/c11-8-4-3-5-9(16-8)15-7-2-1-6-10(12,13)14/h3-5H,1-2,6-7H2,(H,15,16). The highest BCUT2D eigenvalue weighted by Crippen LogP contribution is 2.22. The molecule has 16 heavy (non-hydrogen) atoms. The van der Waals surface area contributed by atoms with E-state index in [0.29, 0.717) is 18.8 Å². The second-order valence-corrected chi connectivity index (χ2v) is 3.34. The summed E-state index contributed by atoms with van der Waals surface area (Å²) in [6.07, 6.45) is -4.45. The predicted molar refractivity (Wildman–Crippen MR) is 52.6 cm³/mol. The highest BCUT2D eigenvalue weighted by atomic mass is 19.4. The SMILES string of the molecule is Fc1cccc(NCCCCC(F)(F)F)n1. The molecule has 0 spiro atoms. The van der Waals surface area contributed by atoms with E-state index in [1.54, 1.807) is 6.07 Å². The molecule has 90 valence electrons.